The summed E-state index contributed by atoms with van der Waals surface area (Å²) in [6.45, 7) is 7.77. The first-order valence-corrected chi connectivity index (χ1v) is 10.4. The molecule has 3 aromatic rings. The number of nitrogens with zero attached hydrogens (tertiary/aromatic N) is 2. The van der Waals surface area contributed by atoms with E-state index in [0.717, 1.165) is 23.2 Å². The summed E-state index contributed by atoms with van der Waals surface area (Å²) in [7, 11) is 0. The van der Waals surface area contributed by atoms with Gasteiger partial charge in [-0.25, -0.2) is 0 Å². The second-order valence-electron chi connectivity index (χ2n) is 8.76. The van der Waals surface area contributed by atoms with Crippen LogP contribution in [0.1, 0.15) is 55.7 Å². The van der Waals surface area contributed by atoms with E-state index in [-0.39, 0.29) is 23.2 Å². The monoisotopic (exact) mass is 444 g/mol. The fourth-order valence-electron chi connectivity index (χ4n) is 3.95. The van der Waals surface area contributed by atoms with Crippen LogP contribution in [0.5, 0.6) is 0 Å². The Morgan fingerprint density at radius 2 is 1.84 bits per heavy atom. The molecule has 0 saturated heterocycles. The van der Waals surface area contributed by atoms with Crippen LogP contribution in [0.4, 0.5) is 18.9 Å². The van der Waals surface area contributed by atoms with Crippen molar-refractivity contribution in [2.45, 2.75) is 45.8 Å². The summed E-state index contributed by atoms with van der Waals surface area (Å²) >= 11 is 0. The zero-order valence-electron chi connectivity index (χ0n) is 18.5. The minimum absolute atomic E-state index is 0.110. The minimum atomic E-state index is -4.55. The van der Waals surface area contributed by atoms with Crippen molar-refractivity contribution in [2.24, 2.45) is 11.8 Å². The number of carbonyl (C=O) groups excluding carboxylic acids is 1. The molecule has 0 aliphatic rings. The fraction of sp³-hybridized carbons (Fsp3) is 0.375. The van der Waals surface area contributed by atoms with Gasteiger partial charge in [-0.2, -0.15) is 13.2 Å². The van der Waals surface area contributed by atoms with Gasteiger partial charge in [0.1, 0.15) is 0 Å². The predicted molar refractivity (Wildman–Crippen MR) is 119 cm³/mol. The first-order chi connectivity index (χ1) is 14.9. The van der Waals surface area contributed by atoms with Crippen molar-refractivity contribution < 1.29 is 18.0 Å². The van der Waals surface area contributed by atoms with Crippen molar-refractivity contribution in [3.8, 4) is 0 Å². The molecule has 5 nitrogen and oxygen atoms in total. The molecular weight excluding hydrogens is 417 g/mol. The third-order valence-corrected chi connectivity index (χ3v) is 5.79. The molecule has 2 unspecified atom stereocenters. The van der Waals surface area contributed by atoms with Crippen LogP contribution in [0.15, 0.2) is 48.8 Å². The van der Waals surface area contributed by atoms with Crippen LogP contribution >= 0.6 is 0 Å². The topological polar surface area (TPSA) is 80.9 Å². The standard InChI is InChI=1S/C24H27F3N4O/c1-14(2)10-15(3)23(4,21-19(28)12-18(13-30-21)24(25,26)27)31-22(32)17-7-8-20-16(11-17)6-5-9-29-20/h5-9,11-15H,10,28H2,1-4H3,(H,31,32). The van der Waals surface area contributed by atoms with Crippen molar-refractivity contribution in [2.75, 3.05) is 5.73 Å². The molecular formula is C24H27F3N4O. The van der Waals surface area contributed by atoms with Crippen LogP contribution in [-0.4, -0.2) is 15.9 Å². The molecule has 0 aliphatic heterocycles. The second-order valence-corrected chi connectivity index (χ2v) is 8.76. The lowest BCUT2D eigenvalue weighted by Gasteiger charge is -2.38. The van der Waals surface area contributed by atoms with Crippen LogP contribution in [0.2, 0.25) is 0 Å². The molecule has 0 bridgehead atoms. The Balaban J connectivity index is 2.02. The summed E-state index contributed by atoms with van der Waals surface area (Å²) in [6, 6.07) is 9.66. The highest BCUT2D eigenvalue weighted by molar-refractivity contribution is 5.98. The molecule has 0 aliphatic carbocycles. The summed E-state index contributed by atoms with van der Waals surface area (Å²) in [5.41, 5.74) is 5.31. The number of nitrogen functional groups attached to an aromatic ring is 1. The van der Waals surface area contributed by atoms with Crippen LogP contribution in [-0.2, 0) is 11.7 Å². The Morgan fingerprint density at radius 1 is 1.12 bits per heavy atom. The summed E-state index contributed by atoms with van der Waals surface area (Å²) in [4.78, 5) is 21.6. The van der Waals surface area contributed by atoms with Gasteiger partial charge in [0.15, 0.2) is 0 Å². The largest absolute Gasteiger partial charge is 0.417 e. The number of hydrogen-bond donors (Lipinski definition) is 2. The van der Waals surface area contributed by atoms with Gasteiger partial charge >= 0.3 is 6.18 Å². The summed E-state index contributed by atoms with van der Waals surface area (Å²) in [6.07, 6.45) is -1.41. The maximum Gasteiger partial charge on any atom is 0.417 e. The molecule has 2 atom stereocenters. The van der Waals surface area contributed by atoms with E-state index in [1.807, 2.05) is 26.8 Å². The average Bonchev–Trinajstić information content (AvgIpc) is 2.71. The number of anilines is 1. The molecule has 3 N–H and O–H groups in total. The predicted octanol–water partition coefficient (Wildman–Crippen LogP) is 5.56. The van der Waals surface area contributed by atoms with Crippen LogP contribution in [0.25, 0.3) is 10.9 Å². The Kier molecular flexibility index (Phi) is 6.44. The Hall–Kier alpha value is -3.16. The number of rotatable bonds is 6. The van der Waals surface area contributed by atoms with E-state index in [1.165, 1.54) is 0 Å². The van der Waals surface area contributed by atoms with E-state index in [2.05, 4.69) is 15.3 Å². The van der Waals surface area contributed by atoms with Crippen LogP contribution < -0.4 is 11.1 Å². The Bertz CT molecular complexity index is 1130. The molecule has 8 heteroatoms. The van der Waals surface area contributed by atoms with Gasteiger partial charge in [-0.15, -0.1) is 0 Å². The van der Waals surface area contributed by atoms with E-state index < -0.39 is 17.3 Å². The fourth-order valence-corrected chi connectivity index (χ4v) is 3.95. The highest BCUT2D eigenvalue weighted by Crippen LogP contribution is 2.38. The number of amides is 1. The molecule has 32 heavy (non-hydrogen) atoms. The molecule has 170 valence electrons. The van der Waals surface area contributed by atoms with Gasteiger partial charge in [0.25, 0.3) is 5.91 Å². The molecule has 2 aromatic heterocycles. The van der Waals surface area contributed by atoms with Gasteiger partial charge in [0.2, 0.25) is 0 Å². The number of pyridine rings is 2. The van der Waals surface area contributed by atoms with Crippen molar-refractivity contribution in [3.05, 3.63) is 65.6 Å². The quantitative estimate of drug-likeness (QED) is 0.522. The maximum absolute atomic E-state index is 13.2. The van der Waals surface area contributed by atoms with E-state index in [4.69, 9.17) is 5.73 Å². The van der Waals surface area contributed by atoms with Crippen molar-refractivity contribution in [1.82, 2.24) is 15.3 Å². The van der Waals surface area contributed by atoms with Gasteiger partial charge < -0.3 is 11.1 Å². The highest BCUT2D eigenvalue weighted by atomic mass is 19.4. The van der Waals surface area contributed by atoms with Crippen LogP contribution in [0.3, 0.4) is 0 Å². The van der Waals surface area contributed by atoms with E-state index in [0.29, 0.717) is 17.9 Å². The average molecular weight is 445 g/mol. The summed E-state index contributed by atoms with van der Waals surface area (Å²) < 4.78 is 39.3. The first kappa shape index (κ1) is 23.5. The number of nitrogens with two attached hydrogens (primary N) is 1. The van der Waals surface area contributed by atoms with Gasteiger partial charge in [-0.1, -0.05) is 26.8 Å². The molecule has 3 rings (SSSR count). The zero-order chi connectivity index (χ0) is 23.7. The number of benzene rings is 1. The van der Waals surface area contributed by atoms with Gasteiger partial charge in [-0.3, -0.25) is 14.8 Å². The lowest BCUT2D eigenvalue weighted by molar-refractivity contribution is -0.137. The molecule has 0 saturated carbocycles. The number of hydrogen-bond acceptors (Lipinski definition) is 4. The summed E-state index contributed by atoms with van der Waals surface area (Å²) in [5, 5.41) is 3.82. The number of carbonyl (C=O) groups is 1. The van der Waals surface area contributed by atoms with Crippen LogP contribution in [0, 0.1) is 11.8 Å². The zero-order valence-corrected chi connectivity index (χ0v) is 18.5. The van der Waals surface area contributed by atoms with Gasteiger partial charge in [-0.05, 0) is 55.5 Å². The Morgan fingerprint density at radius 3 is 2.47 bits per heavy atom. The third kappa shape index (κ3) is 4.84. The van der Waals surface area contributed by atoms with Crippen molar-refractivity contribution in [1.29, 1.82) is 0 Å². The number of nitrogens with one attached hydrogen (secondary N) is 1. The number of aromatic nitrogens is 2. The summed E-state index contributed by atoms with van der Waals surface area (Å²) in [5.74, 6) is -0.223. The number of alkyl halides is 3. The molecule has 2 heterocycles. The van der Waals surface area contributed by atoms with E-state index in [1.54, 1.807) is 37.4 Å². The van der Waals surface area contributed by atoms with Gasteiger partial charge in [0, 0.05) is 23.3 Å². The molecule has 1 amide bonds. The Labute approximate surface area is 185 Å². The molecule has 0 fully saturated rings. The van der Waals surface area contributed by atoms with Crippen molar-refractivity contribution in [3.63, 3.8) is 0 Å². The number of halogens is 3. The molecule has 1 aromatic carbocycles. The normalized spacial score (nSPS) is 14.9. The van der Waals surface area contributed by atoms with E-state index >= 15 is 0 Å². The van der Waals surface area contributed by atoms with E-state index in [9.17, 15) is 18.0 Å². The highest BCUT2D eigenvalue weighted by Gasteiger charge is 2.40. The lowest BCUT2D eigenvalue weighted by Crippen LogP contribution is -2.49. The SMILES string of the molecule is CC(C)CC(C)C(C)(NC(=O)c1ccc2ncccc2c1)c1ncc(C(F)(F)F)cc1N. The molecule has 0 radical (unpaired) electrons. The second kappa shape index (κ2) is 8.76. The third-order valence-electron chi connectivity index (χ3n) is 5.79. The smallest absolute Gasteiger partial charge is 0.397 e. The van der Waals surface area contributed by atoms with Gasteiger partial charge in [0.05, 0.1) is 28.0 Å². The maximum atomic E-state index is 13.2. The first-order valence-electron chi connectivity index (χ1n) is 10.4. The molecule has 0 spiro atoms. The van der Waals surface area contributed by atoms with Crippen molar-refractivity contribution >= 4 is 22.5 Å². The minimum Gasteiger partial charge on any atom is -0.397 e. The lowest BCUT2D eigenvalue weighted by atomic mass is 9.78. The number of fused-ring (bicyclic) bond motifs is 1.